The molecule has 0 radical (unpaired) electrons. The van der Waals surface area contributed by atoms with Crippen molar-refractivity contribution in [2.45, 2.75) is 6.61 Å². The van der Waals surface area contributed by atoms with Gasteiger partial charge in [0.05, 0.1) is 19.8 Å². The number of methoxy groups -OCH3 is 2. The van der Waals surface area contributed by atoms with Crippen LogP contribution in [0.1, 0.15) is 21.5 Å². The lowest BCUT2D eigenvalue weighted by Gasteiger charge is -2.08. The number of Topliss-reactive ketones (excluding diaryl/α,β-unsaturated/α-hetero) is 1. The number of carbonyl (C=O) groups excluding carboxylic acids is 1. The van der Waals surface area contributed by atoms with Gasteiger partial charge in [-0.25, -0.2) is 0 Å². The first-order chi connectivity index (χ1) is 16.1. The van der Waals surface area contributed by atoms with E-state index in [-0.39, 0.29) is 11.5 Å². The number of fused-ring (bicyclic) bond motifs is 2. The number of rotatable bonds is 6. The first-order valence-electron chi connectivity index (χ1n) is 10.5. The number of benzene rings is 3. The number of nitrogens with zero attached hydrogens (tertiary/aromatic N) is 1. The minimum Gasteiger partial charge on any atom is -0.497 e. The molecule has 3 aromatic carbocycles. The van der Waals surface area contributed by atoms with Crippen LogP contribution in [0.15, 0.2) is 72.6 Å². The summed E-state index contributed by atoms with van der Waals surface area (Å²) in [7, 11) is 5.24. The zero-order chi connectivity index (χ0) is 22.9. The molecule has 33 heavy (non-hydrogen) atoms. The van der Waals surface area contributed by atoms with E-state index in [4.69, 9.17) is 18.9 Å². The number of aryl methyl sites for hydroxylation is 1. The van der Waals surface area contributed by atoms with E-state index in [1.54, 1.807) is 38.5 Å². The third kappa shape index (κ3) is 3.91. The first kappa shape index (κ1) is 20.7. The van der Waals surface area contributed by atoms with E-state index in [1.807, 2.05) is 60.3 Å². The van der Waals surface area contributed by atoms with Crippen molar-refractivity contribution in [2.75, 3.05) is 14.2 Å². The highest BCUT2D eigenvalue weighted by atomic mass is 16.5. The summed E-state index contributed by atoms with van der Waals surface area (Å²) in [4.78, 5) is 12.9. The Morgan fingerprint density at radius 2 is 1.64 bits per heavy atom. The third-order valence-corrected chi connectivity index (χ3v) is 5.72. The van der Waals surface area contributed by atoms with E-state index < -0.39 is 0 Å². The monoisotopic (exact) mass is 441 g/mol. The largest absolute Gasteiger partial charge is 0.497 e. The van der Waals surface area contributed by atoms with Gasteiger partial charge >= 0.3 is 0 Å². The number of hydrogen-bond donors (Lipinski definition) is 0. The molecular weight excluding hydrogens is 418 g/mol. The summed E-state index contributed by atoms with van der Waals surface area (Å²) < 4.78 is 24.4. The van der Waals surface area contributed by atoms with Gasteiger partial charge in [0.25, 0.3) is 0 Å². The van der Waals surface area contributed by atoms with E-state index in [2.05, 4.69) is 0 Å². The summed E-state index contributed by atoms with van der Waals surface area (Å²) >= 11 is 0. The molecule has 2 heterocycles. The molecule has 6 nitrogen and oxygen atoms in total. The molecule has 1 aromatic heterocycles. The van der Waals surface area contributed by atoms with Crippen LogP contribution in [0.5, 0.6) is 23.0 Å². The van der Waals surface area contributed by atoms with Crippen molar-refractivity contribution < 1.29 is 23.7 Å². The van der Waals surface area contributed by atoms with E-state index in [9.17, 15) is 4.79 Å². The summed E-state index contributed by atoms with van der Waals surface area (Å²) in [5, 5.41) is 0.986. The van der Waals surface area contributed by atoms with Gasteiger partial charge in [0.1, 0.15) is 29.6 Å². The molecule has 0 N–H and O–H groups in total. The molecule has 4 aromatic rings. The minimum atomic E-state index is -0.147. The zero-order valence-corrected chi connectivity index (χ0v) is 18.6. The lowest BCUT2D eigenvalue weighted by atomic mass is 10.1. The fraction of sp³-hybridized carbons (Fsp3) is 0.148. The van der Waals surface area contributed by atoms with Crippen LogP contribution >= 0.6 is 0 Å². The Kier molecular flexibility index (Phi) is 5.26. The second kappa shape index (κ2) is 8.39. The summed E-state index contributed by atoms with van der Waals surface area (Å²) in [6, 6.07) is 18.8. The molecule has 0 saturated carbocycles. The van der Waals surface area contributed by atoms with Crippen LogP contribution in [0.25, 0.3) is 17.0 Å². The number of carbonyl (C=O) groups is 1. The van der Waals surface area contributed by atoms with Crippen LogP contribution < -0.4 is 18.9 Å². The number of hydrogen-bond acceptors (Lipinski definition) is 5. The SMILES string of the molecule is COc1ccc(COc2ccc3c(c2)O/C(=C/c2cn(C)c4ccc(OC)cc24)C3=O)cc1. The molecule has 0 saturated heterocycles. The van der Waals surface area contributed by atoms with Crippen molar-refractivity contribution in [2.24, 2.45) is 7.05 Å². The highest BCUT2D eigenvalue weighted by molar-refractivity contribution is 6.15. The van der Waals surface area contributed by atoms with E-state index in [1.165, 1.54) is 0 Å². The third-order valence-electron chi connectivity index (χ3n) is 5.72. The van der Waals surface area contributed by atoms with Gasteiger partial charge < -0.3 is 23.5 Å². The Morgan fingerprint density at radius 3 is 2.39 bits per heavy atom. The van der Waals surface area contributed by atoms with Gasteiger partial charge in [-0.2, -0.15) is 0 Å². The molecule has 166 valence electrons. The van der Waals surface area contributed by atoms with Gasteiger partial charge in [-0.3, -0.25) is 4.79 Å². The highest BCUT2D eigenvalue weighted by Crippen LogP contribution is 2.36. The van der Waals surface area contributed by atoms with Gasteiger partial charge in [-0.1, -0.05) is 12.1 Å². The van der Waals surface area contributed by atoms with E-state index >= 15 is 0 Å². The van der Waals surface area contributed by atoms with Gasteiger partial charge in [0.2, 0.25) is 5.78 Å². The quantitative estimate of drug-likeness (QED) is 0.376. The smallest absolute Gasteiger partial charge is 0.231 e. The van der Waals surface area contributed by atoms with Crippen molar-refractivity contribution in [3.05, 3.63) is 89.3 Å². The molecule has 0 unspecified atom stereocenters. The topological polar surface area (TPSA) is 58.9 Å². The minimum absolute atomic E-state index is 0.147. The molecular formula is C27H23NO5. The molecule has 1 aliphatic heterocycles. The van der Waals surface area contributed by atoms with Gasteiger partial charge in [-0.15, -0.1) is 0 Å². The molecule has 0 bridgehead atoms. The number of aromatic nitrogens is 1. The maximum absolute atomic E-state index is 12.9. The Morgan fingerprint density at radius 1 is 0.909 bits per heavy atom. The Balaban J connectivity index is 1.37. The number of allylic oxidation sites excluding steroid dienone is 1. The maximum atomic E-state index is 12.9. The summed E-state index contributed by atoms with van der Waals surface area (Å²) in [6.45, 7) is 0.400. The zero-order valence-electron chi connectivity index (χ0n) is 18.6. The molecule has 0 fully saturated rings. The maximum Gasteiger partial charge on any atom is 0.231 e. The molecule has 0 atom stereocenters. The van der Waals surface area contributed by atoms with Crippen LogP contribution in [0.4, 0.5) is 0 Å². The Labute approximate surface area is 191 Å². The number of ketones is 1. The number of ether oxygens (including phenoxy) is 4. The van der Waals surface area contributed by atoms with Crippen LogP contribution in [-0.4, -0.2) is 24.6 Å². The second-order valence-corrected chi connectivity index (χ2v) is 7.81. The average Bonchev–Trinajstić information content (AvgIpc) is 3.33. The molecule has 0 spiro atoms. The predicted molar refractivity (Wildman–Crippen MR) is 126 cm³/mol. The Hall–Kier alpha value is -4.19. The first-order valence-corrected chi connectivity index (χ1v) is 10.5. The van der Waals surface area contributed by atoms with Crippen molar-refractivity contribution in [3.8, 4) is 23.0 Å². The fourth-order valence-corrected chi connectivity index (χ4v) is 3.93. The predicted octanol–water partition coefficient (Wildman–Crippen LogP) is 5.39. The average molecular weight is 441 g/mol. The van der Waals surface area contributed by atoms with Crippen molar-refractivity contribution in [1.82, 2.24) is 4.57 Å². The van der Waals surface area contributed by atoms with Crippen LogP contribution in [0, 0.1) is 0 Å². The fourth-order valence-electron chi connectivity index (χ4n) is 3.93. The second-order valence-electron chi connectivity index (χ2n) is 7.81. The lowest BCUT2D eigenvalue weighted by Crippen LogP contribution is -1.98. The molecule has 1 aliphatic rings. The van der Waals surface area contributed by atoms with Crippen molar-refractivity contribution >= 4 is 22.8 Å². The highest BCUT2D eigenvalue weighted by Gasteiger charge is 2.28. The van der Waals surface area contributed by atoms with E-state index in [0.29, 0.717) is 23.7 Å². The Bertz CT molecular complexity index is 1380. The van der Waals surface area contributed by atoms with Crippen LogP contribution in [-0.2, 0) is 13.7 Å². The van der Waals surface area contributed by atoms with Crippen LogP contribution in [0.2, 0.25) is 0 Å². The molecule has 0 aliphatic carbocycles. The standard InChI is InChI=1S/C27H23NO5/c1-28-15-18(23-13-20(31-3)9-11-24(23)28)12-26-27(29)22-10-8-21(14-25(22)33-26)32-16-17-4-6-19(30-2)7-5-17/h4-15H,16H2,1-3H3/b26-12+. The molecule has 5 rings (SSSR count). The van der Waals surface area contributed by atoms with Gasteiger partial charge in [0.15, 0.2) is 5.76 Å². The normalized spacial score (nSPS) is 13.8. The molecule has 0 amide bonds. The molecule has 6 heteroatoms. The van der Waals surface area contributed by atoms with Crippen molar-refractivity contribution in [3.63, 3.8) is 0 Å². The van der Waals surface area contributed by atoms with Gasteiger partial charge in [-0.05, 0) is 54.1 Å². The summed E-state index contributed by atoms with van der Waals surface area (Å²) in [6.07, 6.45) is 3.75. The summed E-state index contributed by atoms with van der Waals surface area (Å²) in [5.74, 6) is 2.82. The summed E-state index contributed by atoms with van der Waals surface area (Å²) in [5.41, 5.74) is 3.47. The lowest BCUT2D eigenvalue weighted by molar-refractivity contribution is 0.101. The van der Waals surface area contributed by atoms with Crippen LogP contribution in [0.3, 0.4) is 0 Å². The van der Waals surface area contributed by atoms with E-state index in [0.717, 1.165) is 33.5 Å². The van der Waals surface area contributed by atoms with Gasteiger partial charge in [0, 0.05) is 35.8 Å². The van der Waals surface area contributed by atoms with Crippen molar-refractivity contribution in [1.29, 1.82) is 0 Å².